The fraction of sp³-hybridized carbons (Fsp3) is 0.474. The van der Waals surface area contributed by atoms with Crippen molar-refractivity contribution in [2.24, 2.45) is 11.8 Å². The van der Waals surface area contributed by atoms with Gasteiger partial charge in [-0.3, -0.25) is 5.32 Å². The van der Waals surface area contributed by atoms with E-state index in [9.17, 15) is 4.79 Å². The summed E-state index contributed by atoms with van der Waals surface area (Å²) in [5.41, 5.74) is 1.81. The molecule has 0 bridgehead atoms. The Hall–Kier alpha value is -2.68. The van der Waals surface area contributed by atoms with Crippen molar-refractivity contribution in [3.63, 3.8) is 0 Å². The third kappa shape index (κ3) is 2.99. The summed E-state index contributed by atoms with van der Waals surface area (Å²) in [6.07, 6.45) is 5.69. The molecule has 3 aromatic heterocycles. The van der Waals surface area contributed by atoms with Crippen LogP contribution in [0.5, 0.6) is 0 Å². The molecule has 0 radical (unpaired) electrons. The van der Waals surface area contributed by atoms with Crippen LogP contribution in [0.1, 0.15) is 18.5 Å². The van der Waals surface area contributed by atoms with E-state index in [1.54, 1.807) is 6.33 Å². The molecule has 2 amide bonds. The lowest BCUT2D eigenvalue weighted by Gasteiger charge is -2.28. The van der Waals surface area contributed by atoms with E-state index in [4.69, 9.17) is 0 Å². The highest BCUT2D eigenvalue weighted by Crippen LogP contribution is 2.41. The van der Waals surface area contributed by atoms with Gasteiger partial charge in [0.25, 0.3) is 0 Å². The van der Waals surface area contributed by atoms with Crippen LogP contribution in [0.3, 0.4) is 0 Å². The first kappa shape index (κ1) is 17.4. The van der Waals surface area contributed by atoms with Gasteiger partial charge in [0, 0.05) is 32.4 Å². The lowest BCUT2D eigenvalue weighted by molar-refractivity contribution is 0.218. The zero-order chi connectivity index (χ0) is 19.3. The van der Waals surface area contributed by atoms with E-state index >= 15 is 0 Å². The molecule has 1 aliphatic heterocycles. The van der Waals surface area contributed by atoms with Crippen LogP contribution in [0.25, 0.3) is 11.0 Å². The Labute approximate surface area is 167 Å². The number of hydrogen-bond donors (Lipinski definition) is 2. The maximum absolute atomic E-state index is 12.6. The molecular formula is C19H23N7OS. The van der Waals surface area contributed by atoms with Crippen molar-refractivity contribution >= 4 is 39.4 Å². The Balaban J connectivity index is 1.23. The second-order valence-corrected chi connectivity index (χ2v) is 8.67. The zero-order valence-electron chi connectivity index (χ0n) is 15.9. The number of nitrogens with one attached hydrogen (secondary N) is 2. The van der Waals surface area contributed by atoms with Gasteiger partial charge in [-0.05, 0) is 55.3 Å². The third-order valence-corrected chi connectivity index (χ3v) is 6.88. The average molecular weight is 398 g/mol. The molecule has 0 spiro atoms. The maximum Gasteiger partial charge on any atom is 0.322 e. The number of amides is 2. The summed E-state index contributed by atoms with van der Waals surface area (Å²) in [5.74, 6) is 2.07. The largest absolute Gasteiger partial charge is 0.356 e. The van der Waals surface area contributed by atoms with Crippen LogP contribution in [0.2, 0.25) is 0 Å². The highest BCUT2D eigenvalue weighted by atomic mass is 32.1. The van der Waals surface area contributed by atoms with E-state index in [1.165, 1.54) is 11.5 Å². The average Bonchev–Trinajstić information content (AvgIpc) is 3.43. The van der Waals surface area contributed by atoms with Crippen molar-refractivity contribution in [3.05, 3.63) is 30.4 Å². The molecule has 1 saturated carbocycles. The van der Waals surface area contributed by atoms with Gasteiger partial charge in [0.15, 0.2) is 0 Å². The van der Waals surface area contributed by atoms with Crippen LogP contribution in [-0.4, -0.2) is 56.4 Å². The second-order valence-electron chi connectivity index (χ2n) is 7.86. The summed E-state index contributed by atoms with van der Waals surface area (Å²) in [7, 11) is 2.12. The van der Waals surface area contributed by atoms with E-state index in [0.717, 1.165) is 53.5 Å². The van der Waals surface area contributed by atoms with Gasteiger partial charge in [0.1, 0.15) is 22.8 Å². The topological polar surface area (TPSA) is 90.0 Å². The van der Waals surface area contributed by atoms with Crippen molar-refractivity contribution in [2.75, 3.05) is 30.4 Å². The maximum atomic E-state index is 12.6. The van der Waals surface area contributed by atoms with Crippen LogP contribution in [0.15, 0.2) is 24.7 Å². The lowest BCUT2D eigenvalue weighted by atomic mass is 10.0. The molecule has 4 heterocycles. The first-order valence-electron chi connectivity index (χ1n) is 9.58. The van der Waals surface area contributed by atoms with Crippen molar-refractivity contribution in [3.8, 4) is 0 Å². The minimum atomic E-state index is -0.00668. The predicted molar refractivity (Wildman–Crippen MR) is 110 cm³/mol. The summed E-state index contributed by atoms with van der Waals surface area (Å²) >= 11 is 1.33. The van der Waals surface area contributed by atoms with Crippen LogP contribution in [0, 0.1) is 18.8 Å². The van der Waals surface area contributed by atoms with E-state index < -0.39 is 0 Å². The molecular weight excluding hydrogens is 374 g/mol. The van der Waals surface area contributed by atoms with Gasteiger partial charge in [-0.15, -0.1) is 0 Å². The SMILES string of the molecule is Cc1cc(NC(=O)N2C[C@H]3C[C@H](N(C)c4ncnc5[nH]ccc45)C[C@H]3C2)sn1. The summed E-state index contributed by atoms with van der Waals surface area (Å²) < 4.78 is 4.22. The molecule has 1 saturated heterocycles. The van der Waals surface area contributed by atoms with Gasteiger partial charge in [0.05, 0.1) is 11.1 Å². The number of H-pyrrole nitrogens is 1. The minimum Gasteiger partial charge on any atom is -0.356 e. The number of anilines is 2. The molecule has 8 nitrogen and oxygen atoms in total. The Morgan fingerprint density at radius 3 is 2.82 bits per heavy atom. The predicted octanol–water partition coefficient (Wildman–Crippen LogP) is 3.10. The van der Waals surface area contributed by atoms with E-state index in [0.29, 0.717) is 17.9 Å². The third-order valence-electron chi connectivity index (χ3n) is 6.09. The van der Waals surface area contributed by atoms with Gasteiger partial charge in [-0.2, -0.15) is 4.37 Å². The van der Waals surface area contributed by atoms with Gasteiger partial charge in [-0.1, -0.05) is 0 Å². The summed E-state index contributed by atoms with van der Waals surface area (Å²) in [6.45, 7) is 3.58. The Kier molecular flexibility index (Phi) is 4.19. The summed E-state index contributed by atoms with van der Waals surface area (Å²) in [6, 6.07) is 4.38. The molecule has 3 atom stereocenters. The molecule has 1 aliphatic carbocycles. The normalized spacial score (nSPS) is 23.9. The molecule has 2 N–H and O–H groups in total. The monoisotopic (exact) mass is 397 g/mol. The minimum absolute atomic E-state index is 0.00668. The van der Waals surface area contributed by atoms with Gasteiger partial charge in [0.2, 0.25) is 0 Å². The quantitative estimate of drug-likeness (QED) is 0.709. The number of nitrogens with zero attached hydrogens (tertiary/aromatic N) is 5. The van der Waals surface area contributed by atoms with Crippen LogP contribution < -0.4 is 10.2 Å². The van der Waals surface area contributed by atoms with E-state index in [2.05, 4.69) is 36.6 Å². The molecule has 2 aliphatic rings. The van der Waals surface area contributed by atoms with Crippen LogP contribution in [0.4, 0.5) is 15.6 Å². The lowest BCUT2D eigenvalue weighted by Crippen LogP contribution is -2.36. The smallest absolute Gasteiger partial charge is 0.322 e. The zero-order valence-corrected chi connectivity index (χ0v) is 16.7. The first-order valence-corrected chi connectivity index (χ1v) is 10.4. The Bertz CT molecular complexity index is 1000. The first-order chi connectivity index (χ1) is 13.6. The van der Waals surface area contributed by atoms with E-state index in [1.807, 2.05) is 30.2 Å². The van der Waals surface area contributed by atoms with Crippen molar-refractivity contribution in [2.45, 2.75) is 25.8 Å². The Morgan fingerprint density at radius 1 is 1.32 bits per heavy atom. The van der Waals surface area contributed by atoms with Gasteiger partial charge >= 0.3 is 6.03 Å². The van der Waals surface area contributed by atoms with Crippen LogP contribution >= 0.6 is 11.5 Å². The van der Waals surface area contributed by atoms with Crippen molar-refractivity contribution in [1.29, 1.82) is 0 Å². The number of likely N-dealkylation sites (tertiary alicyclic amines) is 1. The number of urea groups is 1. The number of aryl methyl sites for hydroxylation is 1. The number of aromatic nitrogens is 4. The number of aromatic amines is 1. The van der Waals surface area contributed by atoms with E-state index in [-0.39, 0.29) is 6.03 Å². The number of hydrogen-bond acceptors (Lipinski definition) is 6. The van der Waals surface area contributed by atoms with Crippen molar-refractivity contribution in [1.82, 2.24) is 24.2 Å². The Morgan fingerprint density at radius 2 is 2.11 bits per heavy atom. The molecule has 0 unspecified atom stereocenters. The number of carbonyl (C=O) groups excluding carboxylic acids is 1. The molecule has 0 aromatic carbocycles. The van der Waals surface area contributed by atoms with Gasteiger partial charge < -0.3 is 14.8 Å². The number of carbonyl (C=O) groups is 1. The molecule has 9 heteroatoms. The molecule has 146 valence electrons. The number of rotatable bonds is 3. The van der Waals surface area contributed by atoms with Gasteiger partial charge in [-0.25, -0.2) is 14.8 Å². The molecule has 5 rings (SSSR count). The highest BCUT2D eigenvalue weighted by molar-refractivity contribution is 7.10. The highest BCUT2D eigenvalue weighted by Gasteiger charge is 2.44. The molecule has 28 heavy (non-hydrogen) atoms. The number of fused-ring (bicyclic) bond motifs is 2. The van der Waals surface area contributed by atoms with Crippen molar-refractivity contribution < 1.29 is 4.79 Å². The fourth-order valence-corrected chi connectivity index (χ4v) is 5.32. The molecule has 2 fully saturated rings. The van der Waals surface area contributed by atoms with Crippen LogP contribution in [-0.2, 0) is 0 Å². The summed E-state index contributed by atoms with van der Waals surface area (Å²) in [5, 5.41) is 4.86. The molecule has 3 aromatic rings. The standard InChI is InChI=1S/C19H23N7OS/c1-11-5-16(28-24-11)23-19(27)26-8-12-6-14(7-13(12)9-26)25(2)18-15-3-4-20-17(15)21-10-22-18/h3-5,10,12-14H,6-9H2,1-2H3,(H,23,27)(H,20,21,22)/t12-,13+,14+. The summed E-state index contributed by atoms with van der Waals surface area (Å²) in [4.78, 5) is 28.8. The fourth-order valence-electron chi connectivity index (χ4n) is 4.67. The second kappa shape index (κ2) is 6.73.